The minimum Gasteiger partial charge on any atom is -0.484 e. The highest BCUT2D eigenvalue weighted by molar-refractivity contribution is 9.10. The zero-order valence-electron chi connectivity index (χ0n) is 15.2. The van der Waals surface area contributed by atoms with Gasteiger partial charge >= 0.3 is 0 Å². The maximum absolute atomic E-state index is 12.7. The Kier molecular flexibility index (Phi) is 7.21. The first-order chi connectivity index (χ1) is 12.4. The Hall–Kier alpha value is -2.34. The molecule has 6 heteroatoms. The fraction of sp³-hybridized carbons (Fsp3) is 0.300. The molecular weight excluding hydrogens is 396 g/mol. The Balaban J connectivity index is 2.10. The maximum Gasteiger partial charge on any atom is 0.261 e. The number of hydrogen-bond acceptors (Lipinski definition) is 3. The van der Waals surface area contributed by atoms with Gasteiger partial charge in [0.05, 0.1) is 0 Å². The molecule has 2 rings (SSSR count). The summed E-state index contributed by atoms with van der Waals surface area (Å²) in [5.41, 5.74) is 2.10. The molecule has 1 atom stereocenters. The molecular formula is C20H23BrN2O3. The van der Waals surface area contributed by atoms with Gasteiger partial charge in [-0.1, -0.05) is 45.8 Å². The molecule has 2 aromatic rings. The van der Waals surface area contributed by atoms with Gasteiger partial charge in [0.2, 0.25) is 5.91 Å². The molecule has 0 saturated heterocycles. The fourth-order valence-corrected chi connectivity index (χ4v) is 2.70. The van der Waals surface area contributed by atoms with Crippen molar-refractivity contribution in [2.75, 3.05) is 13.7 Å². The molecule has 0 heterocycles. The number of likely N-dealkylation sites (N-methyl/N-ethyl adjacent to an activating group) is 1. The van der Waals surface area contributed by atoms with Crippen LogP contribution in [-0.4, -0.2) is 36.4 Å². The van der Waals surface area contributed by atoms with Crippen LogP contribution in [0.2, 0.25) is 0 Å². The lowest BCUT2D eigenvalue weighted by molar-refractivity contribution is -0.142. The number of rotatable bonds is 7. The summed E-state index contributed by atoms with van der Waals surface area (Å²) in [5.74, 6) is 0.142. The van der Waals surface area contributed by atoms with E-state index in [2.05, 4.69) is 21.2 Å². The lowest BCUT2D eigenvalue weighted by atomic mass is 10.1. The number of halogens is 1. The van der Waals surface area contributed by atoms with E-state index in [0.717, 1.165) is 15.6 Å². The van der Waals surface area contributed by atoms with Crippen molar-refractivity contribution in [3.8, 4) is 5.75 Å². The second-order valence-corrected chi connectivity index (χ2v) is 6.96. The molecule has 1 N–H and O–H groups in total. The molecule has 0 radical (unpaired) electrons. The molecule has 26 heavy (non-hydrogen) atoms. The minimum atomic E-state index is -0.595. The van der Waals surface area contributed by atoms with E-state index in [1.54, 1.807) is 26.1 Å². The first kappa shape index (κ1) is 20.0. The van der Waals surface area contributed by atoms with Crippen LogP contribution in [0, 0.1) is 6.92 Å². The zero-order valence-corrected chi connectivity index (χ0v) is 16.7. The summed E-state index contributed by atoms with van der Waals surface area (Å²) in [4.78, 5) is 26.3. The fourth-order valence-electron chi connectivity index (χ4n) is 2.44. The molecule has 0 aliphatic heterocycles. The Morgan fingerprint density at radius 2 is 1.73 bits per heavy atom. The average Bonchev–Trinajstić information content (AvgIpc) is 2.65. The largest absolute Gasteiger partial charge is 0.484 e. The molecule has 138 valence electrons. The topological polar surface area (TPSA) is 58.6 Å². The molecule has 0 unspecified atom stereocenters. The standard InChI is InChI=1S/C20H23BrN2O3/c1-14-4-6-16(7-5-14)12-23(15(2)20(25)22-3)19(24)13-26-18-10-8-17(21)9-11-18/h4-11,15H,12-13H2,1-3H3,(H,22,25)/t15-/m1/s1. The van der Waals surface area contributed by atoms with Crippen LogP contribution in [0.5, 0.6) is 5.75 Å². The van der Waals surface area contributed by atoms with Gasteiger partial charge in [-0.3, -0.25) is 9.59 Å². The predicted octanol–water partition coefficient (Wildman–Crippen LogP) is 3.30. The van der Waals surface area contributed by atoms with E-state index in [-0.39, 0.29) is 18.4 Å². The van der Waals surface area contributed by atoms with Crippen molar-refractivity contribution in [2.45, 2.75) is 26.4 Å². The number of aryl methyl sites for hydroxylation is 1. The summed E-state index contributed by atoms with van der Waals surface area (Å²) in [6.07, 6.45) is 0. The quantitative estimate of drug-likeness (QED) is 0.750. The van der Waals surface area contributed by atoms with Crippen LogP contribution in [-0.2, 0) is 16.1 Å². The van der Waals surface area contributed by atoms with Gasteiger partial charge in [0.1, 0.15) is 11.8 Å². The first-order valence-electron chi connectivity index (χ1n) is 8.35. The van der Waals surface area contributed by atoms with Gasteiger partial charge in [-0.15, -0.1) is 0 Å². The molecule has 0 aromatic heterocycles. The van der Waals surface area contributed by atoms with Gasteiger partial charge in [-0.2, -0.15) is 0 Å². The third-order valence-corrected chi connectivity index (χ3v) is 4.59. The van der Waals surface area contributed by atoms with E-state index in [1.165, 1.54) is 4.90 Å². The van der Waals surface area contributed by atoms with Crippen LogP contribution >= 0.6 is 15.9 Å². The number of nitrogens with one attached hydrogen (secondary N) is 1. The number of ether oxygens (including phenoxy) is 1. The lowest BCUT2D eigenvalue weighted by Crippen LogP contribution is -2.48. The molecule has 0 spiro atoms. The van der Waals surface area contributed by atoms with Gasteiger partial charge in [-0.25, -0.2) is 0 Å². The van der Waals surface area contributed by atoms with Crippen molar-refractivity contribution < 1.29 is 14.3 Å². The van der Waals surface area contributed by atoms with Gasteiger partial charge in [0, 0.05) is 18.1 Å². The highest BCUT2D eigenvalue weighted by atomic mass is 79.9. The number of benzene rings is 2. The van der Waals surface area contributed by atoms with E-state index >= 15 is 0 Å². The molecule has 5 nitrogen and oxygen atoms in total. The van der Waals surface area contributed by atoms with E-state index in [4.69, 9.17) is 4.74 Å². The molecule has 0 saturated carbocycles. The van der Waals surface area contributed by atoms with Crippen molar-refractivity contribution in [2.24, 2.45) is 0 Å². The van der Waals surface area contributed by atoms with Crippen LogP contribution in [0.4, 0.5) is 0 Å². The molecule has 0 aliphatic carbocycles. The lowest BCUT2D eigenvalue weighted by Gasteiger charge is -2.28. The summed E-state index contributed by atoms with van der Waals surface area (Å²) in [6, 6.07) is 14.6. The van der Waals surface area contributed by atoms with Crippen molar-refractivity contribution in [1.29, 1.82) is 0 Å². The van der Waals surface area contributed by atoms with Crippen molar-refractivity contribution in [1.82, 2.24) is 10.2 Å². The third kappa shape index (κ3) is 5.59. The van der Waals surface area contributed by atoms with Crippen molar-refractivity contribution >= 4 is 27.7 Å². The number of hydrogen-bond donors (Lipinski definition) is 1. The smallest absolute Gasteiger partial charge is 0.261 e. The Morgan fingerprint density at radius 1 is 1.12 bits per heavy atom. The van der Waals surface area contributed by atoms with Crippen LogP contribution in [0.25, 0.3) is 0 Å². The van der Waals surface area contributed by atoms with Crippen LogP contribution in [0.3, 0.4) is 0 Å². The SMILES string of the molecule is CNC(=O)[C@@H](C)N(Cc1ccc(C)cc1)C(=O)COc1ccc(Br)cc1. The maximum atomic E-state index is 12.7. The zero-order chi connectivity index (χ0) is 19.1. The van der Waals surface area contributed by atoms with E-state index in [1.807, 2.05) is 43.3 Å². The number of nitrogens with zero attached hydrogens (tertiary/aromatic N) is 1. The van der Waals surface area contributed by atoms with E-state index in [9.17, 15) is 9.59 Å². The Morgan fingerprint density at radius 3 is 2.31 bits per heavy atom. The molecule has 0 fully saturated rings. The molecule has 2 aromatic carbocycles. The summed E-state index contributed by atoms with van der Waals surface area (Å²) >= 11 is 3.36. The summed E-state index contributed by atoms with van der Waals surface area (Å²) in [7, 11) is 1.56. The summed E-state index contributed by atoms with van der Waals surface area (Å²) in [6.45, 7) is 3.93. The van der Waals surface area contributed by atoms with Gasteiger partial charge in [-0.05, 0) is 43.7 Å². The monoisotopic (exact) mass is 418 g/mol. The van der Waals surface area contributed by atoms with Gasteiger partial charge in [0.25, 0.3) is 5.91 Å². The third-order valence-electron chi connectivity index (χ3n) is 4.06. The summed E-state index contributed by atoms with van der Waals surface area (Å²) in [5, 5.41) is 2.60. The predicted molar refractivity (Wildman–Crippen MR) is 105 cm³/mol. The van der Waals surface area contributed by atoms with E-state index in [0.29, 0.717) is 12.3 Å². The van der Waals surface area contributed by atoms with Crippen molar-refractivity contribution in [3.63, 3.8) is 0 Å². The number of carbonyl (C=O) groups is 2. The van der Waals surface area contributed by atoms with E-state index < -0.39 is 6.04 Å². The molecule has 0 aliphatic rings. The second-order valence-electron chi connectivity index (χ2n) is 6.04. The second kappa shape index (κ2) is 9.38. The Bertz CT molecular complexity index is 745. The highest BCUT2D eigenvalue weighted by Gasteiger charge is 2.25. The summed E-state index contributed by atoms with van der Waals surface area (Å²) < 4.78 is 6.52. The van der Waals surface area contributed by atoms with Crippen LogP contribution in [0.1, 0.15) is 18.1 Å². The normalized spacial score (nSPS) is 11.5. The van der Waals surface area contributed by atoms with Crippen molar-refractivity contribution in [3.05, 3.63) is 64.1 Å². The van der Waals surface area contributed by atoms with Crippen LogP contribution < -0.4 is 10.1 Å². The van der Waals surface area contributed by atoms with Crippen LogP contribution in [0.15, 0.2) is 53.0 Å². The highest BCUT2D eigenvalue weighted by Crippen LogP contribution is 2.17. The average molecular weight is 419 g/mol. The Labute approximate surface area is 162 Å². The number of carbonyl (C=O) groups excluding carboxylic acids is 2. The molecule has 0 bridgehead atoms. The molecule has 2 amide bonds. The minimum absolute atomic E-state index is 0.130. The van der Waals surface area contributed by atoms with Gasteiger partial charge < -0.3 is 15.0 Å². The number of amides is 2. The van der Waals surface area contributed by atoms with Gasteiger partial charge in [0.15, 0.2) is 6.61 Å². The first-order valence-corrected chi connectivity index (χ1v) is 9.15.